The summed E-state index contributed by atoms with van der Waals surface area (Å²) in [6.45, 7) is 4.30. The van der Waals surface area contributed by atoms with Crippen molar-refractivity contribution in [3.63, 3.8) is 0 Å². The summed E-state index contributed by atoms with van der Waals surface area (Å²) < 4.78 is 84.1. The van der Waals surface area contributed by atoms with Crippen LogP contribution in [-0.2, 0) is 0 Å². The first kappa shape index (κ1) is 28.9. The van der Waals surface area contributed by atoms with Gasteiger partial charge in [-0.1, -0.05) is 44.4 Å². The summed E-state index contributed by atoms with van der Waals surface area (Å²) >= 11 is 0. The van der Waals surface area contributed by atoms with Crippen LogP contribution in [-0.4, -0.2) is 13.2 Å². The fraction of sp³-hybridized carbons (Fsp3) is 0.438. The zero-order valence-electron chi connectivity index (χ0n) is 22.5. The SMILES string of the molecule is CCCCCCOc1ccc(C2CCC(c3ccc(-c4ccc(OCC)c(F)c4F)c(F)c3)CC2)c(F)c1F. The molecule has 0 amide bonds. The van der Waals surface area contributed by atoms with Gasteiger partial charge >= 0.3 is 0 Å². The van der Waals surface area contributed by atoms with Crippen LogP contribution in [0.1, 0.15) is 88.2 Å². The number of benzene rings is 3. The number of hydrogen-bond acceptors (Lipinski definition) is 2. The molecular formula is C32H35F5O2. The van der Waals surface area contributed by atoms with Gasteiger partial charge in [-0.2, -0.15) is 8.78 Å². The maximum absolute atomic E-state index is 15.1. The topological polar surface area (TPSA) is 18.5 Å². The predicted octanol–water partition coefficient (Wildman–Crippen LogP) is 9.85. The quantitative estimate of drug-likeness (QED) is 0.176. The lowest BCUT2D eigenvalue weighted by molar-refractivity contribution is 0.283. The molecule has 0 bridgehead atoms. The van der Waals surface area contributed by atoms with E-state index in [1.165, 1.54) is 30.3 Å². The third kappa shape index (κ3) is 6.56. The van der Waals surface area contributed by atoms with E-state index in [1.807, 2.05) is 0 Å². The van der Waals surface area contributed by atoms with E-state index in [4.69, 9.17) is 9.47 Å². The molecule has 39 heavy (non-hydrogen) atoms. The van der Waals surface area contributed by atoms with E-state index in [0.29, 0.717) is 37.9 Å². The molecule has 0 radical (unpaired) electrons. The average Bonchev–Trinajstić information content (AvgIpc) is 2.94. The Labute approximate surface area is 227 Å². The number of ether oxygens (including phenoxy) is 2. The summed E-state index contributed by atoms with van der Waals surface area (Å²) in [4.78, 5) is 0. The molecule has 1 aliphatic rings. The Morgan fingerprint density at radius 2 is 1.28 bits per heavy atom. The standard InChI is InChI=1S/C32H35F5O2/c1-3-5-6-7-18-39-28-16-14-23(29(34)32(28)37)21-10-8-20(9-11-21)22-12-13-24(26(33)19-22)25-15-17-27(38-4-2)31(36)30(25)35/h12-17,19-21H,3-11,18H2,1-2H3. The van der Waals surface area contributed by atoms with Gasteiger partial charge in [-0.05, 0) is 86.3 Å². The average molecular weight is 547 g/mol. The molecule has 210 valence electrons. The van der Waals surface area contributed by atoms with Crippen LogP contribution in [0.25, 0.3) is 11.1 Å². The molecule has 3 aromatic carbocycles. The second kappa shape index (κ2) is 13.3. The van der Waals surface area contributed by atoms with Crippen molar-refractivity contribution in [3.8, 4) is 22.6 Å². The third-order valence-corrected chi connectivity index (χ3v) is 7.60. The Balaban J connectivity index is 1.40. The zero-order chi connectivity index (χ0) is 27.9. The lowest BCUT2D eigenvalue weighted by Crippen LogP contribution is -2.14. The molecule has 0 heterocycles. The van der Waals surface area contributed by atoms with Crippen molar-refractivity contribution in [1.29, 1.82) is 0 Å². The highest BCUT2D eigenvalue weighted by molar-refractivity contribution is 5.66. The van der Waals surface area contributed by atoms with Gasteiger partial charge in [-0.25, -0.2) is 13.2 Å². The molecule has 4 rings (SSSR count). The van der Waals surface area contributed by atoms with E-state index in [-0.39, 0.29) is 41.1 Å². The van der Waals surface area contributed by atoms with Crippen molar-refractivity contribution in [2.24, 2.45) is 0 Å². The van der Waals surface area contributed by atoms with Crippen LogP contribution in [0.15, 0.2) is 42.5 Å². The van der Waals surface area contributed by atoms with Gasteiger partial charge in [0.2, 0.25) is 11.6 Å². The van der Waals surface area contributed by atoms with E-state index in [2.05, 4.69) is 6.92 Å². The van der Waals surface area contributed by atoms with Crippen molar-refractivity contribution in [1.82, 2.24) is 0 Å². The Kier molecular flexibility index (Phi) is 9.87. The molecule has 0 aromatic heterocycles. The van der Waals surface area contributed by atoms with Crippen molar-refractivity contribution in [3.05, 3.63) is 82.7 Å². The highest BCUT2D eigenvalue weighted by Gasteiger charge is 2.28. The molecule has 0 saturated heterocycles. The van der Waals surface area contributed by atoms with Crippen molar-refractivity contribution in [2.45, 2.75) is 77.0 Å². The van der Waals surface area contributed by atoms with Crippen LogP contribution in [0.2, 0.25) is 0 Å². The summed E-state index contributed by atoms with van der Waals surface area (Å²) in [6.07, 6.45) is 6.56. The van der Waals surface area contributed by atoms with E-state index in [1.54, 1.807) is 19.1 Å². The van der Waals surface area contributed by atoms with Gasteiger partial charge < -0.3 is 9.47 Å². The first-order valence-electron chi connectivity index (χ1n) is 13.9. The van der Waals surface area contributed by atoms with Crippen molar-refractivity contribution >= 4 is 0 Å². The maximum Gasteiger partial charge on any atom is 0.201 e. The number of hydrogen-bond donors (Lipinski definition) is 0. The highest BCUT2D eigenvalue weighted by Crippen LogP contribution is 2.43. The lowest BCUT2D eigenvalue weighted by Gasteiger charge is -2.29. The summed E-state index contributed by atoms with van der Waals surface area (Å²) in [5.74, 6) is -5.12. The second-order valence-electron chi connectivity index (χ2n) is 10.2. The van der Waals surface area contributed by atoms with Crippen LogP contribution in [0, 0.1) is 29.1 Å². The first-order chi connectivity index (χ1) is 18.8. The van der Waals surface area contributed by atoms with Crippen LogP contribution in [0.3, 0.4) is 0 Å². The molecule has 0 N–H and O–H groups in total. The van der Waals surface area contributed by atoms with E-state index in [0.717, 1.165) is 31.2 Å². The molecule has 0 unspecified atom stereocenters. The summed E-state index contributed by atoms with van der Waals surface area (Å²) in [5, 5.41) is 0. The molecule has 0 atom stereocenters. The molecular weight excluding hydrogens is 511 g/mol. The molecule has 0 spiro atoms. The van der Waals surface area contributed by atoms with E-state index < -0.39 is 29.1 Å². The van der Waals surface area contributed by atoms with E-state index >= 15 is 4.39 Å². The minimum Gasteiger partial charge on any atom is -0.491 e. The zero-order valence-corrected chi connectivity index (χ0v) is 22.5. The fourth-order valence-electron chi connectivity index (χ4n) is 5.43. The smallest absolute Gasteiger partial charge is 0.201 e. The van der Waals surface area contributed by atoms with Gasteiger partial charge in [0.25, 0.3) is 0 Å². The first-order valence-corrected chi connectivity index (χ1v) is 13.9. The lowest BCUT2D eigenvalue weighted by atomic mass is 9.76. The molecule has 1 fully saturated rings. The van der Waals surface area contributed by atoms with Gasteiger partial charge in [-0.15, -0.1) is 0 Å². The van der Waals surface area contributed by atoms with Gasteiger partial charge in [0, 0.05) is 11.1 Å². The molecule has 2 nitrogen and oxygen atoms in total. The monoisotopic (exact) mass is 546 g/mol. The maximum atomic E-state index is 15.1. The predicted molar refractivity (Wildman–Crippen MR) is 143 cm³/mol. The Bertz CT molecular complexity index is 1270. The molecule has 1 aliphatic carbocycles. The summed E-state index contributed by atoms with van der Waals surface area (Å²) in [7, 11) is 0. The largest absolute Gasteiger partial charge is 0.491 e. The molecule has 3 aromatic rings. The van der Waals surface area contributed by atoms with Crippen LogP contribution < -0.4 is 9.47 Å². The molecule has 7 heteroatoms. The van der Waals surface area contributed by atoms with Crippen molar-refractivity contribution in [2.75, 3.05) is 13.2 Å². The normalized spacial score (nSPS) is 17.3. The van der Waals surface area contributed by atoms with Crippen molar-refractivity contribution < 1.29 is 31.4 Å². The highest BCUT2D eigenvalue weighted by atomic mass is 19.2. The van der Waals surface area contributed by atoms with Gasteiger partial charge in [0.1, 0.15) is 5.82 Å². The van der Waals surface area contributed by atoms with Gasteiger partial charge in [-0.3, -0.25) is 0 Å². The number of unbranched alkanes of at least 4 members (excludes halogenated alkanes) is 3. The van der Waals surface area contributed by atoms with Crippen LogP contribution in [0.4, 0.5) is 22.0 Å². The Hall–Kier alpha value is -3.09. The second-order valence-corrected chi connectivity index (χ2v) is 10.2. The third-order valence-electron chi connectivity index (χ3n) is 7.60. The minimum atomic E-state index is -1.16. The van der Waals surface area contributed by atoms with Gasteiger partial charge in [0.05, 0.1) is 13.2 Å². The summed E-state index contributed by atoms with van der Waals surface area (Å²) in [5.41, 5.74) is 0.894. The van der Waals surface area contributed by atoms with Crippen LogP contribution >= 0.6 is 0 Å². The number of rotatable bonds is 11. The Morgan fingerprint density at radius 3 is 1.97 bits per heavy atom. The van der Waals surface area contributed by atoms with Crippen LogP contribution in [0.5, 0.6) is 11.5 Å². The minimum absolute atomic E-state index is 0.0305. The fourth-order valence-corrected chi connectivity index (χ4v) is 5.43. The number of halogens is 5. The Morgan fingerprint density at radius 1 is 0.641 bits per heavy atom. The van der Waals surface area contributed by atoms with Gasteiger partial charge in [0.15, 0.2) is 23.1 Å². The van der Waals surface area contributed by atoms with E-state index in [9.17, 15) is 17.6 Å². The molecule has 0 aliphatic heterocycles. The molecule has 1 saturated carbocycles. The summed E-state index contributed by atoms with van der Waals surface area (Å²) in [6, 6.07) is 10.3.